The molecule has 3 nitrogen and oxygen atoms in total. The summed E-state index contributed by atoms with van der Waals surface area (Å²) in [5.74, 6) is -0.722. The number of nitrogens with one attached hydrogen (secondary N) is 1. The molecule has 0 unspecified atom stereocenters. The maximum atomic E-state index is 9.85. The van der Waals surface area contributed by atoms with Gasteiger partial charge in [-0.25, -0.2) is 0 Å². The number of rotatable bonds is 4. The zero-order valence-corrected chi connectivity index (χ0v) is 8.98. The first kappa shape index (κ1) is 17.5. The molecule has 0 radical (unpaired) electrons. The van der Waals surface area contributed by atoms with Crippen molar-refractivity contribution in [3.05, 3.63) is 0 Å². The third-order valence-corrected chi connectivity index (χ3v) is 0.817. The minimum Gasteiger partial charge on any atom is -0.481 e. The van der Waals surface area contributed by atoms with E-state index in [2.05, 4.69) is 5.32 Å². The van der Waals surface area contributed by atoms with Crippen molar-refractivity contribution in [1.29, 1.82) is 0 Å². The molecule has 0 aliphatic heterocycles. The van der Waals surface area contributed by atoms with Crippen molar-refractivity contribution in [2.24, 2.45) is 0 Å². The molecule has 0 aliphatic carbocycles. The Morgan fingerprint density at radius 3 is 1.92 bits per heavy atom. The number of carboxylic acids is 1. The summed E-state index contributed by atoms with van der Waals surface area (Å²) in [6.07, 6.45) is 0.979. The van der Waals surface area contributed by atoms with Gasteiger partial charge in [0.1, 0.15) is 0 Å². The van der Waals surface area contributed by atoms with Crippen LogP contribution in [0.2, 0.25) is 0 Å². The van der Waals surface area contributed by atoms with Crippen molar-refractivity contribution in [2.75, 3.05) is 13.6 Å². The van der Waals surface area contributed by atoms with Crippen LogP contribution in [0.1, 0.15) is 40.5 Å². The molecular weight excluding hydrogens is 154 g/mol. The topological polar surface area (TPSA) is 49.3 Å². The van der Waals surface area contributed by atoms with Crippen molar-refractivity contribution < 1.29 is 9.90 Å². The van der Waals surface area contributed by atoms with Crippen LogP contribution < -0.4 is 5.32 Å². The maximum Gasteiger partial charge on any atom is 0.303 e. The highest BCUT2D eigenvalue weighted by molar-refractivity contribution is 5.66. The van der Waals surface area contributed by atoms with Gasteiger partial charge in [-0.1, -0.05) is 27.7 Å². The molecule has 0 bridgehead atoms. The van der Waals surface area contributed by atoms with Gasteiger partial charge >= 0.3 is 5.97 Å². The molecule has 0 spiro atoms. The molecule has 0 heterocycles. The van der Waals surface area contributed by atoms with E-state index in [1.54, 1.807) is 0 Å². The Kier molecular flexibility index (Phi) is 32.7. The highest BCUT2D eigenvalue weighted by Crippen LogP contribution is 1.83. The molecule has 2 N–H and O–H groups in total. The molecule has 0 saturated carbocycles. The molecule has 0 aliphatic rings. The van der Waals surface area contributed by atoms with Crippen molar-refractivity contribution >= 4 is 5.97 Å². The standard InChI is InChI=1S/C5H11NO2.2C2H6/c1-6-4-2-3-5(7)8;2*1-2/h6H,2-4H2,1H3,(H,7,8);2*1-2H3. The van der Waals surface area contributed by atoms with Gasteiger partial charge < -0.3 is 10.4 Å². The van der Waals surface area contributed by atoms with Gasteiger partial charge in [-0.15, -0.1) is 0 Å². The van der Waals surface area contributed by atoms with E-state index >= 15 is 0 Å². The molecule has 0 fully saturated rings. The van der Waals surface area contributed by atoms with Crippen molar-refractivity contribution in [3.63, 3.8) is 0 Å². The van der Waals surface area contributed by atoms with Crippen LogP contribution in [0.25, 0.3) is 0 Å². The number of aliphatic carboxylic acids is 1. The number of hydrogen-bond acceptors (Lipinski definition) is 2. The van der Waals surface area contributed by atoms with Gasteiger partial charge in [0.2, 0.25) is 0 Å². The highest BCUT2D eigenvalue weighted by atomic mass is 16.4. The van der Waals surface area contributed by atoms with Gasteiger partial charge in [0.25, 0.3) is 0 Å². The number of hydrogen-bond donors (Lipinski definition) is 2. The molecule has 0 aromatic carbocycles. The van der Waals surface area contributed by atoms with Gasteiger partial charge in [-0.2, -0.15) is 0 Å². The zero-order chi connectivity index (χ0) is 10.4. The Bertz CT molecular complexity index is 74.9. The Labute approximate surface area is 76.2 Å². The number of carbonyl (C=O) groups is 1. The van der Waals surface area contributed by atoms with Crippen molar-refractivity contribution in [2.45, 2.75) is 40.5 Å². The van der Waals surface area contributed by atoms with Crippen LogP contribution in [0.5, 0.6) is 0 Å². The molecule has 0 amide bonds. The van der Waals surface area contributed by atoms with E-state index in [0.717, 1.165) is 6.54 Å². The van der Waals surface area contributed by atoms with Crippen LogP contribution in [-0.4, -0.2) is 24.7 Å². The zero-order valence-electron chi connectivity index (χ0n) is 8.98. The highest BCUT2D eigenvalue weighted by Gasteiger charge is 1.92. The third-order valence-electron chi connectivity index (χ3n) is 0.817. The molecule has 12 heavy (non-hydrogen) atoms. The summed E-state index contributed by atoms with van der Waals surface area (Å²) in [6, 6.07) is 0. The summed E-state index contributed by atoms with van der Waals surface area (Å²) < 4.78 is 0. The molecule has 0 aromatic rings. The Morgan fingerprint density at radius 1 is 1.25 bits per heavy atom. The average Bonchev–Trinajstić information content (AvgIpc) is 2.12. The lowest BCUT2D eigenvalue weighted by molar-refractivity contribution is -0.137. The third kappa shape index (κ3) is 34.1. The first-order valence-electron chi connectivity index (χ1n) is 4.63. The van der Waals surface area contributed by atoms with Crippen molar-refractivity contribution in [1.82, 2.24) is 5.32 Å². The predicted molar refractivity (Wildman–Crippen MR) is 53.5 cm³/mol. The van der Waals surface area contributed by atoms with E-state index < -0.39 is 5.97 Å². The second-order valence-corrected chi connectivity index (χ2v) is 1.60. The summed E-state index contributed by atoms with van der Waals surface area (Å²) >= 11 is 0. The number of carboxylic acid groups (broad SMARTS) is 1. The summed E-state index contributed by atoms with van der Waals surface area (Å²) in [5.41, 5.74) is 0. The first-order chi connectivity index (χ1) is 5.77. The summed E-state index contributed by atoms with van der Waals surface area (Å²) in [6.45, 7) is 8.78. The van der Waals surface area contributed by atoms with Gasteiger partial charge in [0.15, 0.2) is 0 Å². The lowest BCUT2D eigenvalue weighted by atomic mass is 10.3. The molecule has 0 rings (SSSR count). The average molecular weight is 177 g/mol. The quantitative estimate of drug-likeness (QED) is 0.647. The second kappa shape index (κ2) is 22.4. The fourth-order valence-corrected chi connectivity index (χ4v) is 0.416. The molecule has 0 atom stereocenters. The van der Waals surface area contributed by atoms with E-state index in [9.17, 15) is 4.79 Å². The van der Waals surface area contributed by atoms with E-state index in [0.29, 0.717) is 6.42 Å². The van der Waals surface area contributed by atoms with Crippen LogP contribution in [-0.2, 0) is 4.79 Å². The Morgan fingerprint density at radius 2 is 1.67 bits per heavy atom. The monoisotopic (exact) mass is 177 g/mol. The minimum absolute atomic E-state index is 0.265. The summed E-state index contributed by atoms with van der Waals surface area (Å²) in [5, 5.41) is 11.0. The van der Waals surface area contributed by atoms with Gasteiger partial charge in [0.05, 0.1) is 0 Å². The van der Waals surface area contributed by atoms with Gasteiger partial charge in [-0.05, 0) is 20.0 Å². The summed E-state index contributed by atoms with van der Waals surface area (Å²) in [4.78, 5) is 9.85. The molecule has 0 aromatic heterocycles. The smallest absolute Gasteiger partial charge is 0.303 e. The van der Waals surface area contributed by atoms with E-state index in [4.69, 9.17) is 5.11 Å². The largest absolute Gasteiger partial charge is 0.481 e. The van der Waals surface area contributed by atoms with Crippen LogP contribution >= 0.6 is 0 Å². The van der Waals surface area contributed by atoms with Crippen LogP contribution in [0, 0.1) is 0 Å². The van der Waals surface area contributed by atoms with Crippen LogP contribution in [0.3, 0.4) is 0 Å². The maximum absolute atomic E-state index is 9.85. The van der Waals surface area contributed by atoms with Gasteiger partial charge in [-0.3, -0.25) is 4.79 Å². The van der Waals surface area contributed by atoms with Crippen LogP contribution in [0.15, 0.2) is 0 Å². The van der Waals surface area contributed by atoms with Crippen molar-refractivity contribution in [3.8, 4) is 0 Å². The Balaban J connectivity index is -0.000000175. The molecule has 76 valence electrons. The Hall–Kier alpha value is -0.570. The fraction of sp³-hybridized carbons (Fsp3) is 0.889. The molecular formula is C9H23NO2. The molecule has 3 heteroatoms. The van der Waals surface area contributed by atoms with E-state index in [1.807, 2.05) is 34.7 Å². The lowest BCUT2D eigenvalue weighted by Crippen LogP contribution is -2.09. The lowest BCUT2D eigenvalue weighted by Gasteiger charge is -1.92. The molecule has 0 saturated heterocycles. The van der Waals surface area contributed by atoms with Gasteiger partial charge in [0, 0.05) is 6.42 Å². The minimum atomic E-state index is -0.722. The van der Waals surface area contributed by atoms with E-state index in [-0.39, 0.29) is 6.42 Å². The normalized spacial score (nSPS) is 7.08. The fourth-order valence-electron chi connectivity index (χ4n) is 0.416. The predicted octanol–water partition coefficient (Wildman–Crippen LogP) is 2.12. The first-order valence-corrected chi connectivity index (χ1v) is 4.63. The van der Waals surface area contributed by atoms with Crippen LogP contribution in [0.4, 0.5) is 0 Å². The van der Waals surface area contributed by atoms with E-state index in [1.165, 1.54) is 0 Å². The SMILES string of the molecule is CC.CC.CNCCCC(=O)O. The summed E-state index contributed by atoms with van der Waals surface area (Å²) in [7, 11) is 1.81. The second-order valence-electron chi connectivity index (χ2n) is 1.60.